The zero-order valence-corrected chi connectivity index (χ0v) is 14.0. The summed E-state index contributed by atoms with van der Waals surface area (Å²) >= 11 is 0. The molecule has 4 heterocycles. The molecule has 1 atom stereocenters. The molecule has 0 fully saturated rings. The molecule has 1 amide bonds. The molecule has 8 heteroatoms. The fourth-order valence-electron chi connectivity index (χ4n) is 4.16. The van der Waals surface area contributed by atoms with Crippen molar-refractivity contribution in [2.24, 2.45) is 0 Å². The van der Waals surface area contributed by atoms with Gasteiger partial charge in [0.1, 0.15) is 0 Å². The third-order valence-corrected chi connectivity index (χ3v) is 5.41. The van der Waals surface area contributed by atoms with Crippen LogP contribution in [0, 0.1) is 0 Å². The first kappa shape index (κ1) is 14.7. The highest BCUT2D eigenvalue weighted by Gasteiger charge is 2.58. The van der Waals surface area contributed by atoms with Gasteiger partial charge < -0.3 is 23.7 Å². The summed E-state index contributed by atoms with van der Waals surface area (Å²) < 4.78 is 28.0. The van der Waals surface area contributed by atoms with E-state index in [2.05, 4.69) is 0 Å². The Morgan fingerprint density at radius 1 is 0.963 bits per heavy atom. The van der Waals surface area contributed by atoms with Gasteiger partial charge in [0, 0.05) is 12.1 Å². The van der Waals surface area contributed by atoms with Gasteiger partial charge in [-0.25, -0.2) is 0 Å². The van der Waals surface area contributed by atoms with Crippen LogP contribution >= 0.6 is 0 Å². The van der Waals surface area contributed by atoms with Gasteiger partial charge in [-0.3, -0.25) is 14.5 Å². The van der Waals surface area contributed by atoms with Crippen molar-refractivity contribution in [1.29, 1.82) is 0 Å². The van der Waals surface area contributed by atoms with Crippen LogP contribution in [0.4, 0.5) is 0 Å². The van der Waals surface area contributed by atoms with Crippen LogP contribution in [0.25, 0.3) is 0 Å². The summed E-state index contributed by atoms with van der Waals surface area (Å²) in [6.45, 7) is 0.523. The average molecular weight is 367 g/mol. The number of hydrogen-bond donors (Lipinski definition) is 0. The number of fused-ring (bicyclic) bond motifs is 6. The molecule has 0 N–H and O–H groups in total. The topological polar surface area (TPSA) is 83.5 Å². The van der Waals surface area contributed by atoms with Crippen LogP contribution in [0.5, 0.6) is 28.7 Å². The van der Waals surface area contributed by atoms with Crippen molar-refractivity contribution in [3.05, 3.63) is 41.0 Å². The Morgan fingerprint density at radius 2 is 1.74 bits per heavy atom. The van der Waals surface area contributed by atoms with Gasteiger partial charge in [-0.15, -0.1) is 0 Å². The standard InChI is InChI=1S/C19H13NO7/c21-7-20-4-3-10-5-14-15(25-8-24-14)6-12(10)19(20)18(22)11-1-2-13-17(16(11)27-19)26-9-23-13/h1-2,5-7H,3-4,8-9H2/t19-/m0/s1. The number of rotatable bonds is 1. The van der Waals surface area contributed by atoms with Gasteiger partial charge in [0.05, 0.1) is 5.56 Å². The molecule has 27 heavy (non-hydrogen) atoms. The SMILES string of the molecule is O=CN1CCc2cc3c(cc2[C@@]12Oc1c(ccc4c1OCO4)C2=O)OCO3. The Bertz CT molecular complexity index is 1030. The van der Waals surface area contributed by atoms with Crippen LogP contribution in [-0.4, -0.2) is 37.2 Å². The van der Waals surface area contributed by atoms with E-state index in [1.54, 1.807) is 18.2 Å². The van der Waals surface area contributed by atoms with Crippen molar-refractivity contribution < 1.29 is 33.3 Å². The summed E-state index contributed by atoms with van der Waals surface area (Å²) in [5, 5.41) is 0. The van der Waals surface area contributed by atoms with Gasteiger partial charge in [0.25, 0.3) is 5.72 Å². The van der Waals surface area contributed by atoms with E-state index in [0.29, 0.717) is 59.3 Å². The minimum atomic E-state index is -1.58. The van der Waals surface area contributed by atoms with Gasteiger partial charge in [-0.2, -0.15) is 0 Å². The van der Waals surface area contributed by atoms with Crippen molar-refractivity contribution in [3.63, 3.8) is 0 Å². The van der Waals surface area contributed by atoms with Crippen LogP contribution in [0.2, 0.25) is 0 Å². The second kappa shape index (κ2) is 4.85. The lowest BCUT2D eigenvalue weighted by molar-refractivity contribution is -0.135. The lowest BCUT2D eigenvalue weighted by atomic mass is 9.85. The van der Waals surface area contributed by atoms with E-state index >= 15 is 0 Å². The van der Waals surface area contributed by atoms with E-state index in [1.165, 1.54) is 4.90 Å². The number of Topliss-reactive ketones (excluding diaryl/α,β-unsaturated/α-hetero) is 1. The number of amides is 1. The summed E-state index contributed by atoms with van der Waals surface area (Å²) in [6, 6.07) is 6.90. The fourth-order valence-corrected chi connectivity index (χ4v) is 4.16. The van der Waals surface area contributed by atoms with E-state index in [1.807, 2.05) is 6.07 Å². The largest absolute Gasteiger partial charge is 0.454 e. The highest BCUT2D eigenvalue weighted by atomic mass is 16.7. The molecule has 0 saturated carbocycles. The van der Waals surface area contributed by atoms with Crippen LogP contribution in [0.15, 0.2) is 24.3 Å². The Kier molecular flexibility index (Phi) is 2.64. The summed E-state index contributed by atoms with van der Waals surface area (Å²) in [5.74, 6) is 2.03. The van der Waals surface area contributed by atoms with Crippen LogP contribution < -0.4 is 23.7 Å². The molecule has 4 aliphatic heterocycles. The van der Waals surface area contributed by atoms with Gasteiger partial charge in [0.2, 0.25) is 31.5 Å². The Morgan fingerprint density at radius 3 is 2.59 bits per heavy atom. The third kappa shape index (κ3) is 1.67. The minimum absolute atomic E-state index is 0.0585. The molecule has 6 rings (SSSR count). The average Bonchev–Trinajstić information content (AvgIpc) is 3.39. The third-order valence-electron chi connectivity index (χ3n) is 5.41. The van der Waals surface area contributed by atoms with Crippen molar-refractivity contribution in [1.82, 2.24) is 4.90 Å². The maximum Gasteiger partial charge on any atom is 0.276 e. The predicted molar refractivity (Wildman–Crippen MR) is 88.2 cm³/mol. The summed E-state index contributed by atoms with van der Waals surface area (Å²) in [4.78, 5) is 26.8. The quantitative estimate of drug-likeness (QED) is 0.708. The Hall–Kier alpha value is -3.42. The molecule has 0 unspecified atom stereocenters. The highest BCUT2D eigenvalue weighted by molar-refractivity contribution is 6.10. The molecule has 2 aromatic carbocycles. The lowest BCUT2D eigenvalue weighted by Gasteiger charge is -2.41. The number of ether oxygens (including phenoxy) is 5. The first-order chi connectivity index (χ1) is 13.2. The number of ketones is 1. The van der Waals surface area contributed by atoms with Crippen LogP contribution in [0.3, 0.4) is 0 Å². The number of nitrogens with zero attached hydrogens (tertiary/aromatic N) is 1. The summed E-state index contributed by atoms with van der Waals surface area (Å²) in [5.41, 5.74) is 0.239. The zero-order chi connectivity index (χ0) is 18.2. The summed E-state index contributed by atoms with van der Waals surface area (Å²) in [7, 11) is 0. The molecule has 0 radical (unpaired) electrons. The normalized spacial score (nSPS) is 23.3. The second-order valence-corrected chi connectivity index (χ2v) is 6.66. The Balaban J connectivity index is 1.60. The number of carbonyl (C=O) groups excluding carboxylic acids is 2. The molecule has 0 aromatic heterocycles. The first-order valence-electron chi connectivity index (χ1n) is 8.54. The molecule has 136 valence electrons. The number of benzene rings is 2. The number of hydrogen-bond acceptors (Lipinski definition) is 7. The van der Waals surface area contributed by atoms with Crippen molar-refractivity contribution >= 4 is 12.2 Å². The van der Waals surface area contributed by atoms with Gasteiger partial charge in [-0.1, -0.05) is 0 Å². The van der Waals surface area contributed by atoms with Crippen LogP contribution in [0.1, 0.15) is 21.5 Å². The maximum absolute atomic E-state index is 13.5. The smallest absolute Gasteiger partial charge is 0.276 e. The molecule has 1 spiro atoms. The van der Waals surface area contributed by atoms with Crippen LogP contribution in [-0.2, 0) is 16.9 Å². The predicted octanol–water partition coefficient (Wildman–Crippen LogP) is 1.59. The monoisotopic (exact) mass is 367 g/mol. The lowest BCUT2D eigenvalue weighted by Crippen LogP contribution is -2.56. The van der Waals surface area contributed by atoms with Crippen molar-refractivity contribution in [2.75, 3.05) is 20.1 Å². The zero-order valence-electron chi connectivity index (χ0n) is 14.0. The van der Waals surface area contributed by atoms with E-state index in [0.717, 1.165) is 5.56 Å². The molecular weight excluding hydrogens is 354 g/mol. The van der Waals surface area contributed by atoms with Gasteiger partial charge in [0.15, 0.2) is 23.0 Å². The van der Waals surface area contributed by atoms with Gasteiger partial charge in [-0.05, 0) is 36.2 Å². The molecule has 8 nitrogen and oxygen atoms in total. The van der Waals surface area contributed by atoms with Crippen molar-refractivity contribution in [2.45, 2.75) is 12.1 Å². The van der Waals surface area contributed by atoms with Crippen molar-refractivity contribution in [3.8, 4) is 28.7 Å². The molecule has 0 bridgehead atoms. The highest BCUT2D eigenvalue weighted by Crippen LogP contribution is 2.54. The maximum atomic E-state index is 13.5. The van der Waals surface area contributed by atoms with E-state index < -0.39 is 5.72 Å². The van der Waals surface area contributed by atoms with E-state index in [-0.39, 0.29) is 19.4 Å². The second-order valence-electron chi connectivity index (χ2n) is 6.66. The molecule has 2 aromatic rings. The Labute approximate surface area is 153 Å². The summed E-state index contributed by atoms with van der Waals surface area (Å²) in [6.07, 6.45) is 1.23. The van der Waals surface area contributed by atoms with E-state index in [9.17, 15) is 9.59 Å². The van der Waals surface area contributed by atoms with Gasteiger partial charge >= 0.3 is 0 Å². The first-order valence-corrected chi connectivity index (χ1v) is 8.54. The van der Waals surface area contributed by atoms with E-state index in [4.69, 9.17) is 23.7 Å². The molecule has 0 aliphatic carbocycles. The molecule has 0 saturated heterocycles. The minimum Gasteiger partial charge on any atom is -0.454 e. The fraction of sp³-hybridized carbons (Fsp3) is 0.263. The number of carbonyl (C=O) groups is 2. The molecule has 4 aliphatic rings. The molecular formula is C19H13NO7.